The van der Waals surface area contributed by atoms with E-state index in [-0.39, 0.29) is 5.56 Å². The normalized spacial score (nSPS) is 11.9. The third kappa shape index (κ3) is 1.52. The van der Waals surface area contributed by atoms with Crippen molar-refractivity contribution in [2.75, 3.05) is 0 Å². The van der Waals surface area contributed by atoms with Crippen LogP contribution in [0.15, 0.2) is 30.8 Å². The van der Waals surface area contributed by atoms with Crippen LogP contribution >= 0.6 is 0 Å². The van der Waals surface area contributed by atoms with Crippen LogP contribution in [0.3, 0.4) is 0 Å². The molecule has 1 heterocycles. The van der Waals surface area contributed by atoms with Crippen LogP contribution in [0.4, 0.5) is 13.2 Å². The molecule has 78 valence electrons. The summed E-state index contributed by atoms with van der Waals surface area (Å²) < 4.78 is 37.8. The quantitative estimate of drug-likeness (QED) is 0.737. The Labute approximate surface area is 84.2 Å². The lowest BCUT2D eigenvalue weighted by molar-refractivity contribution is -0.140. The van der Waals surface area contributed by atoms with E-state index < -0.39 is 11.9 Å². The number of aromatic nitrogens is 1. The Hall–Kier alpha value is -1.71. The third-order valence-electron chi connectivity index (χ3n) is 2.23. The minimum absolute atomic E-state index is 0.109. The van der Waals surface area contributed by atoms with Crippen LogP contribution in [-0.4, -0.2) is 4.98 Å². The van der Waals surface area contributed by atoms with E-state index in [1.807, 2.05) is 0 Å². The fourth-order valence-corrected chi connectivity index (χ4v) is 1.60. The average molecular weight is 211 g/mol. The van der Waals surface area contributed by atoms with Gasteiger partial charge in [-0.3, -0.25) is 0 Å². The number of hydrogen-bond acceptors (Lipinski definition) is 0. The molecule has 0 aliphatic rings. The molecule has 4 heteroatoms. The number of benzene rings is 1. The van der Waals surface area contributed by atoms with Gasteiger partial charge in [0.15, 0.2) is 0 Å². The summed E-state index contributed by atoms with van der Waals surface area (Å²) in [5.74, 6) is 0. The Morgan fingerprint density at radius 1 is 1.20 bits per heavy atom. The maximum atomic E-state index is 12.6. The Balaban J connectivity index is 2.81. The van der Waals surface area contributed by atoms with Crippen LogP contribution in [0, 0.1) is 0 Å². The van der Waals surface area contributed by atoms with E-state index in [1.54, 1.807) is 24.3 Å². The highest BCUT2D eigenvalue weighted by molar-refractivity contribution is 5.90. The number of halogens is 3. The van der Waals surface area contributed by atoms with Crippen LogP contribution in [0.5, 0.6) is 0 Å². The molecule has 2 aromatic rings. The first-order valence-electron chi connectivity index (χ1n) is 4.34. The zero-order valence-electron chi connectivity index (χ0n) is 7.73. The number of aromatic amines is 1. The van der Waals surface area contributed by atoms with Crippen molar-refractivity contribution < 1.29 is 13.2 Å². The van der Waals surface area contributed by atoms with Crippen molar-refractivity contribution in [3.63, 3.8) is 0 Å². The zero-order chi connectivity index (χ0) is 11.1. The van der Waals surface area contributed by atoms with Crippen molar-refractivity contribution in [3.8, 4) is 0 Å². The standard InChI is InChI=1S/C11H8F3N/c1-2-7-8-5-3-4-6-9(8)15-10(7)11(12,13)14/h2-6,15H,1H2. The molecule has 0 aliphatic carbocycles. The molecular weight excluding hydrogens is 203 g/mol. The molecule has 1 N–H and O–H groups in total. The predicted octanol–water partition coefficient (Wildman–Crippen LogP) is 3.83. The summed E-state index contributed by atoms with van der Waals surface area (Å²) in [6.45, 7) is 3.41. The third-order valence-corrected chi connectivity index (χ3v) is 2.23. The van der Waals surface area contributed by atoms with E-state index >= 15 is 0 Å². The molecule has 1 nitrogen and oxygen atoms in total. The number of alkyl halides is 3. The molecule has 0 aliphatic heterocycles. The number of para-hydroxylation sites is 1. The van der Waals surface area contributed by atoms with Crippen molar-refractivity contribution in [1.82, 2.24) is 4.98 Å². The smallest absolute Gasteiger partial charge is 0.350 e. The van der Waals surface area contributed by atoms with Gasteiger partial charge in [-0.2, -0.15) is 13.2 Å². The summed E-state index contributed by atoms with van der Waals surface area (Å²) in [4.78, 5) is 2.36. The maximum absolute atomic E-state index is 12.6. The highest BCUT2D eigenvalue weighted by Crippen LogP contribution is 2.35. The van der Waals surface area contributed by atoms with E-state index in [0.29, 0.717) is 10.9 Å². The molecule has 0 saturated heterocycles. The number of H-pyrrole nitrogens is 1. The molecule has 1 aromatic heterocycles. The van der Waals surface area contributed by atoms with Crippen molar-refractivity contribution in [1.29, 1.82) is 0 Å². The van der Waals surface area contributed by atoms with E-state index in [4.69, 9.17) is 0 Å². The highest BCUT2D eigenvalue weighted by Gasteiger charge is 2.35. The molecule has 0 radical (unpaired) electrons. The summed E-state index contributed by atoms with van der Waals surface area (Å²) >= 11 is 0. The van der Waals surface area contributed by atoms with Crippen molar-refractivity contribution in [3.05, 3.63) is 42.1 Å². The lowest BCUT2D eigenvalue weighted by Gasteiger charge is -2.04. The van der Waals surface area contributed by atoms with Gasteiger partial charge in [0.25, 0.3) is 0 Å². The Kier molecular flexibility index (Phi) is 2.07. The minimum Gasteiger partial charge on any atom is -0.350 e. The van der Waals surface area contributed by atoms with E-state index in [0.717, 1.165) is 0 Å². The van der Waals surface area contributed by atoms with Crippen molar-refractivity contribution in [2.24, 2.45) is 0 Å². The molecule has 1 aromatic carbocycles. The summed E-state index contributed by atoms with van der Waals surface area (Å²) in [5.41, 5.74) is -0.156. The van der Waals surface area contributed by atoms with Gasteiger partial charge in [-0.05, 0) is 6.07 Å². The SMILES string of the molecule is C=Cc1c(C(F)(F)F)[nH]c2ccccc12. The zero-order valence-corrected chi connectivity index (χ0v) is 7.73. The van der Waals surface area contributed by atoms with Crippen LogP contribution in [-0.2, 0) is 6.18 Å². The largest absolute Gasteiger partial charge is 0.431 e. The van der Waals surface area contributed by atoms with E-state index in [2.05, 4.69) is 11.6 Å². The maximum Gasteiger partial charge on any atom is 0.431 e. The van der Waals surface area contributed by atoms with Crippen LogP contribution < -0.4 is 0 Å². The van der Waals surface area contributed by atoms with Gasteiger partial charge in [0.2, 0.25) is 0 Å². The molecule has 0 saturated carbocycles. The molecule has 15 heavy (non-hydrogen) atoms. The molecule has 0 fully saturated rings. The Morgan fingerprint density at radius 2 is 1.87 bits per heavy atom. The first kappa shape index (κ1) is 9.83. The highest BCUT2D eigenvalue weighted by atomic mass is 19.4. The fraction of sp³-hybridized carbons (Fsp3) is 0.0909. The summed E-state index contributed by atoms with van der Waals surface area (Å²) in [6, 6.07) is 6.63. The monoisotopic (exact) mass is 211 g/mol. The lowest BCUT2D eigenvalue weighted by atomic mass is 10.1. The van der Waals surface area contributed by atoms with Gasteiger partial charge in [-0.15, -0.1) is 0 Å². The molecule has 0 bridgehead atoms. The fourth-order valence-electron chi connectivity index (χ4n) is 1.60. The molecule has 0 unspecified atom stereocenters. The molecular formula is C11H8F3N. The molecule has 0 spiro atoms. The second-order valence-corrected chi connectivity index (χ2v) is 3.16. The predicted molar refractivity (Wildman–Crippen MR) is 53.4 cm³/mol. The van der Waals surface area contributed by atoms with E-state index in [9.17, 15) is 13.2 Å². The van der Waals surface area contributed by atoms with Gasteiger partial charge >= 0.3 is 6.18 Å². The first-order valence-corrected chi connectivity index (χ1v) is 4.34. The minimum atomic E-state index is -4.37. The van der Waals surface area contributed by atoms with Crippen LogP contribution in [0.1, 0.15) is 11.3 Å². The molecule has 0 atom stereocenters. The second-order valence-electron chi connectivity index (χ2n) is 3.16. The lowest BCUT2D eigenvalue weighted by Crippen LogP contribution is -2.06. The Bertz CT molecular complexity index is 508. The van der Waals surface area contributed by atoms with Gasteiger partial charge in [0.05, 0.1) is 0 Å². The average Bonchev–Trinajstić information content (AvgIpc) is 2.55. The second kappa shape index (κ2) is 3.15. The molecule has 0 amide bonds. The van der Waals surface area contributed by atoms with Gasteiger partial charge in [-0.25, -0.2) is 0 Å². The number of rotatable bonds is 1. The molecule has 2 rings (SSSR count). The number of nitrogens with one attached hydrogen (secondary N) is 1. The summed E-state index contributed by atoms with van der Waals surface area (Å²) in [5, 5.41) is 0.542. The topological polar surface area (TPSA) is 15.8 Å². The van der Waals surface area contributed by atoms with Crippen molar-refractivity contribution >= 4 is 17.0 Å². The van der Waals surface area contributed by atoms with Gasteiger partial charge in [0.1, 0.15) is 5.69 Å². The summed E-state index contributed by atoms with van der Waals surface area (Å²) in [6.07, 6.45) is -3.15. The summed E-state index contributed by atoms with van der Waals surface area (Å²) in [7, 11) is 0. The van der Waals surface area contributed by atoms with Gasteiger partial charge in [-0.1, -0.05) is 30.9 Å². The van der Waals surface area contributed by atoms with E-state index in [1.165, 1.54) is 6.08 Å². The van der Waals surface area contributed by atoms with Gasteiger partial charge in [0, 0.05) is 16.5 Å². The number of hydrogen-bond donors (Lipinski definition) is 1. The van der Waals surface area contributed by atoms with Gasteiger partial charge < -0.3 is 4.98 Å². The van der Waals surface area contributed by atoms with Crippen LogP contribution in [0.25, 0.3) is 17.0 Å². The van der Waals surface area contributed by atoms with Crippen LogP contribution in [0.2, 0.25) is 0 Å². The number of fused-ring (bicyclic) bond motifs is 1. The van der Waals surface area contributed by atoms with Crippen molar-refractivity contribution in [2.45, 2.75) is 6.18 Å². The first-order chi connectivity index (χ1) is 7.04. The Morgan fingerprint density at radius 3 is 2.47 bits per heavy atom.